The standard InChI is InChI=1S/C19H31N3O3.HI/c1-20-19(21-10-4-12-25-14-16-5-6-16)22-11-9-15-7-8-17(23-2)18(13-15)24-3;/h7-8,13,16H,4-6,9-12,14H2,1-3H3,(H2,20,21,22);1H. The van der Waals surface area contributed by atoms with Gasteiger partial charge in [0, 0.05) is 33.4 Å². The molecule has 0 heterocycles. The Morgan fingerprint density at radius 3 is 2.50 bits per heavy atom. The molecule has 0 bridgehead atoms. The van der Waals surface area contributed by atoms with Gasteiger partial charge in [0.2, 0.25) is 0 Å². The number of halogens is 1. The number of hydrogen-bond acceptors (Lipinski definition) is 4. The molecule has 1 aliphatic carbocycles. The van der Waals surface area contributed by atoms with Gasteiger partial charge in [-0.25, -0.2) is 0 Å². The van der Waals surface area contributed by atoms with Crippen molar-refractivity contribution in [2.24, 2.45) is 10.9 Å². The molecule has 1 aliphatic rings. The zero-order chi connectivity index (χ0) is 17.9. The summed E-state index contributed by atoms with van der Waals surface area (Å²) in [7, 11) is 5.08. The molecule has 2 rings (SSSR count). The summed E-state index contributed by atoms with van der Waals surface area (Å²) in [5.41, 5.74) is 1.19. The zero-order valence-corrected chi connectivity index (χ0v) is 18.4. The summed E-state index contributed by atoms with van der Waals surface area (Å²) in [5.74, 6) is 3.16. The van der Waals surface area contributed by atoms with Gasteiger partial charge < -0.3 is 24.8 Å². The maximum absolute atomic E-state index is 5.63. The van der Waals surface area contributed by atoms with Crippen molar-refractivity contribution in [3.63, 3.8) is 0 Å². The van der Waals surface area contributed by atoms with Crippen LogP contribution in [-0.2, 0) is 11.2 Å². The monoisotopic (exact) mass is 477 g/mol. The minimum atomic E-state index is 0. The summed E-state index contributed by atoms with van der Waals surface area (Å²) in [5, 5.41) is 6.64. The van der Waals surface area contributed by atoms with E-state index in [-0.39, 0.29) is 24.0 Å². The van der Waals surface area contributed by atoms with Crippen molar-refractivity contribution in [2.75, 3.05) is 47.6 Å². The summed E-state index contributed by atoms with van der Waals surface area (Å²) >= 11 is 0. The maximum Gasteiger partial charge on any atom is 0.190 e. The van der Waals surface area contributed by atoms with Crippen LogP contribution in [0.25, 0.3) is 0 Å². The van der Waals surface area contributed by atoms with Gasteiger partial charge in [-0.3, -0.25) is 4.99 Å². The molecule has 1 aromatic carbocycles. The molecule has 6 nitrogen and oxygen atoms in total. The van der Waals surface area contributed by atoms with Crippen molar-refractivity contribution in [1.29, 1.82) is 0 Å². The molecule has 0 aliphatic heterocycles. The molecule has 2 N–H and O–H groups in total. The van der Waals surface area contributed by atoms with Gasteiger partial charge in [-0.1, -0.05) is 6.07 Å². The number of ether oxygens (including phenoxy) is 3. The van der Waals surface area contributed by atoms with Gasteiger partial charge in [0.1, 0.15) is 0 Å². The van der Waals surface area contributed by atoms with Crippen LogP contribution in [-0.4, -0.2) is 53.5 Å². The number of methoxy groups -OCH3 is 2. The number of rotatable bonds is 11. The first-order valence-electron chi connectivity index (χ1n) is 9.00. The lowest BCUT2D eigenvalue weighted by molar-refractivity contribution is 0.123. The van der Waals surface area contributed by atoms with Crippen molar-refractivity contribution in [3.8, 4) is 11.5 Å². The molecule has 0 radical (unpaired) electrons. The second-order valence-corrected chi connectivity index (χ2v) is 6.24. The summed E-state index contributed by atoms with van der Waals surface area (Å²) in [6.07, 6.45) is 4.55. The van der Waals surface area contributed by atoms with E-state index in [4.69, 9.17) is 14.2 Å². The Labute approximate surface area is 174 Å². The predicted molar refractivity (Wildman–Crippen MR) is 116 cm³/mol. The van der Waals surface area contributed by atoms with Gasteiger partial charge in [-0.2, -0.15) is 0 Å². The highest BCUT2D eigenvalue weighted by molar-refractivity contribution is 14.0. The number of benzene rings is 1. The third-order valence-electron chi connectivity index (χ3n) is 4.19. The lowest BCUT2D eigenvalue weighted by atomic mass is 10.1. The summed E-state index contributed by atoms with van der Waals surface area (Å²) in [6.45, 7) is 3.40. The minimum Gasteiger partial charge on any atom is -0.493 e. The van der Waals surface area contributed by atoms with Gasteiger partial charge >= 0.3 is 0 Å². The topological polar surface area (TPSA) is 64.1 Å². The molecule has 0 amide bonds. The summed E-state index contributed by atoms with van der Waals surface area (Å²) < 4.78 is 16.2. The first kappa shape index (κ1) is 22.8. The van der Waals surface area contributed by atoms with Crippen LogP contribution in [0.1, 0.15) is 24.8 Å². The minimum absolute atomic E-state index is 0. The van der Waals surface area contributed by atoms with Crippen LogP contribution in [0.15, 0.2) is 23.2 Å². The van der Waals surface area contributed by atoms with Crippen LogP contribution in [0.4, 0.5) is 0 Å². The second kappa shape index (κ2) is 13.0. The van der Waals surface area contributed by atoms with Crippen LogP contribution >= 0.6 is 24.0 Å². The van der Waals surface area contributed by atoms with E-state index in [1.807, 2.05) is 12.1 Å². The van der Waals surface area contributed by atoms with E-state index >= 15 is 0 Å². The van der Waals surface area contributed by atoms with Crippen molar-refractivity contribution in [1.82, 2.24) is 10.6 Å². The molecular weight excluding hydrogens is 445 g/mol. The maximum atomic E-state index is 5.63. The Morgan fingerprint density at radius 2 is 1.85 bits per heavy atom. The van der Waals surface area contributed by atoms with E-state index in [1.54, 1.807) is 21.3 Å². The lowest BCUT2D eigenvalue weighted by Crippen LogP contribution is -2.39. The summed E-state index contributed by atoms with van der Waals surface area (Å²) in [6, 6.07) is 5.99. The molecule has 0 unspecified atom stereocenters. The zero-order valence-electron chi connectivity index (χ0n) is 16.0. The van der Waals surface area contributed by atoms with E-state index in [9.17, 15) is 0 Å². The van der Waals surface area contributed by atoms with Crippen molar-refractivity contribution in [2.45, 2.75) is 25.7 Å². The first-order valence-corrected chi connectivity index (χ1v) is 9.00. The van der Waals surface area contributed by atoms with Crippen LogP contribution in [0, 0.1) is 5.92 Å². The second-order valence-electron chi connectivity index (χ2n) is 6.24. The fourth-order valence-electron chi connectivity index (χ4n) is 2.50. The average Bonchev–Trinajstić information content (AvgIpc) is 3.47. The third-order valence-corrected chi connectivity index (χ3v) is 4.19. The van der Waals surface area contributed by atoms with Gasteiger partial charge in [-0.05, 0) is 49.3 Å². The van der Waals surface area contributed by atoms with E-state index in [0.29, 0.717) is 0 Å². The van der Waals surface area contributed by atoms with Crippen molar-refractivity contribution >= 4 is 29.9 Å². The Morgan fingerprint density at radius 1 is 1.12 bits per heavy atom. The first-order chi connectivity index (χ1) is 12.3. The molecule has 148 valence electrons. The Kier molecular flexibility index (Phi) is 11.4. The Bertz CT molecular complexity index is 551. The highest BCUT2D eigenvalue weighted by Gasteiger charge is 2.20. The highest BCUT2D eigenvalue weighted by atomic mass is 127. The molecule has 0 spiro atoms. The largest absolute Gasteiger partial charge is 0.493 e. The van der Waals surface area contributed by atoms with Crippen LogP contribution in [0.5, 0.6) is 11.5 Å². The number of aliphatic imine (C=N–C) groups is 1. The van der Waals surface area contributed by atoms with Gasteiger partial charge in [-0.15, -0.1) is 24.0 Å². The molecule has 0 atom stereocenters. The number of hydrogen-bond donors (Lipinski definition) is 2. The van der Waals surface area contributed by atoms with Crippen LogP contribution in [0.3, 0.4) is 0 Å². The fourth-order valence-corrected chi connectivity index (χ4v) is 2.50. The van der Waals surface area contributed by atoms with Crippen molar-refractivity contribution < 1.29 is 14.2 Å². The smallest absolute Gasteiger partial charge is 0.190 e. The van der Waals surface area contributed by atoms with Gasteiger partial charge in [0.25, 0.3) is 0 Å². The molecule has 1 fully saturated rings. The molecule has 1 saturated carbocycles. The van der Waals surface area contributed by atoms with E-state index < -0.39 is 0 Å². The molecule has 1 aromatic rings. The van der Waals surface area contributed by atoms with E-state index in [0.717, 1.165) is 62.5 Å². The molecule has 0 aromatic heterocycles. The number of guanidine groups is 1. The van der Waals surface area contributed by atoms with Gasteiger partial charge in [0.15, 0.2) is 17.5 Å². The average molecular weight is 477 g/mol. The SMILES string of the molecule is CN=C(NCCCOCC1CC1)NCCc1ccc(OC)c(OC)c1.I. The van der Waals surface area contributed by atoms with Crippen LogP contribution in [0.2, 0.25) is 0 Å². The third kappa shape index (κ3) is 8.44. The van der Waals surface area contributed by atoms with Crippen LogP contribution < -0.4 is 20.1 Å². The van der Waals surface area contributed by atoms with Crippen molar-refractivity contribution in [3.05, 3.63) is 23.8 Å². The highest BCUT2D eigenvalue weighted by Crippen LogP contribution is 2.28. The molecule has 26 heavy (non-hydrogen) atoms. The quantitative estimate of drug-likeness (QED) is 0.222. The molecular formula is C19H32IN3O3. The fraction of sp³-hybridized carbons (Fsp3) is 0.632. The molecule has 0 saturated heterocycles. The predicted octanol–water partition coefficient (Wildman–Crippen LogP) is 2.85. The summed E-state index contributed by atoms with van der Waals surface area (Å²) in [4.78, 5) is 4.25. The van der Waals surface area contributed by atoms with E-state index in [1.165, 1.54) is 18.4 Å². The number of nitrogens with zero attached hydrogens (tertiary/aromatic N) is 1. The molecule has 7 heteroatoms. The number of nitrogens with one attached hydrogen (secondary N) is 2. The Hall–Kier alpha value is -1.22. The van der Waals surface area contributed by atoms with Gasteiger partial charge in [0.05, 0.1) is 14.2 Å². The lowest BCUT2D eigenvalue weighted by Gasteiger charge is -2.13. The Balaban J connectivity index is 0.00000338. The van der Waals surface area contributed by atoms with E-state index in [2.05, 4.69) is 21.7 Å². The normalized spacial score (nSPS) is 13.7.